The minimum Gasteiger partial charge on any atom is -0.472 e. The summed E-state index contributed by atoms with van der Waals surface area (Å²) >= 11 is 0. The third kappa shape index (κ3) is 5.16. The number of aryl methyl sites for hydroxylation is 1. The van der Waals surface area contributed by atoms with Crippen molar-refractivity contribution in [1.29, 1.82) is 0 Å². The number of aromatic amines is 1. The molecule has 2 aromatic carbocycles. The van der Waals surface area contributed by atoms with Gasteiger partial charge in [-0.3, -0.25) is 14.4 Å². The van der Waals surface area contributed by atoms with Crippen molar-refractivity contribution in [2.24, 2.45) is 0 Å². The Labute approximate surface area is 229 Å². The van der Waals surface area contributed by atoms with Crippen molar-refractivity contribution in [2.45, 2.75) is 32.9 Å². The fourth-order valence-corrected chi connectivity index (χ4v) is 4.61. The van der Waals surface area contributed by atoms with Crippen LogP contribution in [0.15, 0.2) is 65.5 Å². The second-order valence-electron chi connectivity index (χ2n) is 9.63. The molecule has 9 nitrogen and oxygen atoms in total. The number of halogens is 1. The molecule has 0 saturated carbocycles. The second kappa shape index (κ2) is 10.7. The smallest absolute Gasteiger partial charge is 0.258 e. The molecule has 2 aromatic heterocycles. The number of hydrogen-bond acceptors (Lipinski definition) is 5. The first kappa shape index (κ1) is 26.6. The molecule has 3 amide bonds. The van der Waals surface area contributed by atoms with Crippen LogP contribution in [0.25, 0.3) is 11.6 Å². The van der Waals surface area contributed by atoms with Gasteiger partial charge in [-0.2, -0.15) is 0 Å². The summed E-state index contributed by atoms with van der Waals surface area (Å²) in [5.74, 6) is -1.65. The van der Waals surface area contributed by atoms with Gasteiger partial charge in [-0.25, -0.2) is 4.39 Å². The lowest BCUT2D eigenvalue weighted by atomic mass is 10.0. The van der Waals surface area contributed by atoms with Gasteiger partial charge in [-0.15, -0.1) is 0 Å². The Morgan fingerprint density at radius 1 is 1.07 bits per heavy atom. The molecule has 5 rings (SSSR count). The van der Waals surface area contributed by atoms with E-state index < -0.39 is 12.0 Å². The van der Waals surface area contributed by atoms with E-state index in [1.165, 1.54) is 30.7 Å². The molecule has 1 aliphatic heterocycles. The highest BCUT2D eigenvalue weighted by Gasteiger charge is 2.27. The van der Waals surface area contributed by atoms with Crippen LogP contribution >= 0.6 is 0 Å². The standard InChI is InChI=1S/C30H27FN4O5/c1-15-25(32-17(3)26(15)35-30(39)27(36)20-10-11-40-14-20)13-23-22-12-19(6-9-24(22)34-29(23)38)28(37)33-16(2)18-4-7-21(31)8-5-18/h4-14,16,27,32,36H,1-3H3,(H,33,37)(H,34,38)(H,35,39)/b23-13-/t16-,27?/m1/s1. The minimum atomic E-state index is -1.41. The highest BCUT2D eigenvalue weighted by molar-refractivity contribution is 6.35. The average molecular weight is 543 g/mol. The van der Waals surface area contributed by atoms with Crippen molar-refractivity contribution in [2.75, 3.05) is 10.6 Å². The van der Waals surface area contributed by atoms with Gasteiger partial charge in [0, 0.05) is 33.8 Å². The van der Waals surface area contributed by atoms with Crippen LogP contribution in [0.4, 0.5) is 15.8 Å². The molecule has 3 heterocycles. The maximum absolute atomic E-state index is 13.3. The van der Waals surface area contributed by atoms with Crippen molar-refractivity contribution in [3.63, 3.8) is 0 Å². The molecule has 0 saturated heterocycles. The summed E-state index contributed by atoms with van der Waals surface area (Å²) in [6.45, 7) is 5.35. The predicted molar refractivity (Wildman–Crippen MR) is 148 cm³/mol. The number of carbonyl (C=O) groups is 3. The second-order valence-corrected chi connectivity index (χ2v) is 9.63. The zero-order valence-corrected chi connectivity index (χ0v) is 22.0. The molecule has 2 atom stereocenters. The van der Waals surface area contributed by atoms with E-state index in [-0.39, 0.29) is 23.7 Å². The molecule has 40 heavy (non-hydrogen) atoms. The Balaban J connectivity index is 1.38. The van der Waals surface area contributed by atoms with Crippen LogP contribution in [0.3, 0.4) is 0 Å². The number of fused-ring (bicyclic) bond motifs is 1. The Morgan fingerprint density at radius 3 is 2.52 bits per heavy atom. The van der Waals surface area contributed by atoms with E-state index in [1.807, 2.05) is 0 Å². The van der Waals surface area contributed by atoms with Crippen LogP contribution in [-0.2, 0) is 9.59 Å². The lowest BCUT2D eigenvalue weighted by Crippen LogP contribution is -2.26. The van der Waals surface area contributed by atoms with Crippen molar-refractivity contribution in [1.82, 2.24) is 10.3 Å². The summed E-state index contributed by atoms with van der Waals surface area (Å²) in [6.07, 6.45) is 2.92. The monoisotopic (exact) mass is 542 g/mol. The number of nitrogens with one attached hydrogen (secondary N) is 4. The lowest BCUT2D eigenvalue weighted by Gasteiger charge is -2.15. The third-order valence-electron chi connectivity index (χ3n) is 6.90. The van der Waals surface area contributed by atoms with Gasteiger partial charge in [-0.1, -0.05) is 12.1 Å². The van der Waals surface area contributed by atoms with Gasteiger partial charge in [0.1, 0.15) is 5.82 Å². The van der Waals surface area contributed by atoms with Gasteiger partial charge in [0.15, 0.2) is 6.10 Å². The number of carbonyl (C=O) groups excluding carboxylic acids is 3. The normalized spacial score (nSPS) is 14.9. The maximum Gasteiger partial charge on any atom is 0.258 e. The Kier molecular flexibility index (Phi) is 7.10. The van der Waals surface area contributed by atoms with Crippen LogP contribution in [0.1, 0.15) is 63.1 Å². The van der Waals surface area contributed by atoms with Crippen LogP contribution in [0, 0.1) is 19.7 Å². The van der Waals surface area contributed by atoms with Crippen molar-refractivity contribution >= 4 is 40.7 Å². The third-order valence-corrected chi connectivity index (χ3v) is 6.90. The zero-order chi connectivity index (χ0) is 28.6. The zero-order valence-electron chi connectivity index (χ0n) is 22.0. The Bertz CT molecular complexity index is 1640. The molecule has 0 spiro atoms. The highest BCUT2D eigenvalue weighted by Crippen LogP contribution is 2.36. The molecular weight excluding hydrogens is 515 g/mol. The Morgan fingerprint density at radius 2 is 1.82 bits per heavy atom. The van der Waals surface area contributed by atoms with E-state index in [4.69, 9.17) is 4.42 Å². The molecule has 1 unspecified atom stereocenters. The largest absolute Gasteiger partial charge is 0.472 e. The first-order valence-electron chi connectivity index (χ1n) is 12.6. The predicted octanol–water partition coefficient (Wildman–Crippen LogP) is 5.02. The van der Waals surface area contributed by atoms with E-state index in [0.29, 0.717) is 50.6 Å². The van der Waals surface area contributed by atoms with Crippen LogP contribution in [0.2, 0.25) is 0 Å². The summed E-state index contributed by atoms with van der Waals surface area (Å²) in [6, 6.07) is 12.0. The van der Waals surface area contributed by atoms with Gasteiger partial charge < -0.3 is 30.5 Å². The van der Waals surface area contributed by atoms with Gasteiger partial charge in [0.2, 0.25) is 0 Å². The number of anilines is 2. The van der Waals surface area contributed by atoms with Gasteiger partial charge in [0.25, 0.3) is 17.7 Å². The van der Waals surface area contributed by atoms with Crippen LogP contribution in [0.5, 0.6) is 0 Å². The molecule has 0 radical (unpaired) electrons. The molecule has 0 fully saturated rings. The first-order chi connectivity index (χ1) is 19.1. The van der Waals surface area contributed by atoms with E-state index >= 15 is 0 Å². The molecule has 4 aromatic rings. The summed E-state index contributed by atoms with van der Waals surface area (Å²) in [7, 11) is 0. The summed E-state index contributed by atoms with van der Waals surface area (Å²) in [5, 5.41) is 18.8. The lowest BCUT2D eigenvalue weighted by molar-refractivity contribution is -0.124. The van der Waals surface area contributed by atoms with Crippen molar-refractivity contribution in [3.8, 4) is 0 Å². The molecule has 0 aliphatic carbocycles. The number of aromatic nitrogens is 1. The SMILES string of the molecule is Cc1[nH]c(/C=C2\C(=O)Nc3ccc(C(=O)N[C@H](C)c4ccc(F)cc4)cc32)c(C)c1NC(=O)C(O)c1ccoc1. The molecule has 5 N–H and O–H groups in total. The number of hydrogen-bond donors (Lipinski definition) is 5. The number of H-pyrrole nitrogens is 1. The van der Waals surface area contributed by atoms with E-state index in [9.17, 15) is 23.9 Å². The number of aliphatic hydroxyl groups excluding tert-OH is 1. The number of amides is 3. The summed E-state index contributed by atoms with van der Waals surface area (Å²) < 4.78 is 18.2. The topological polar surface area (TPSA) is 136 Å². The minimum absolute atomic E-state index is 0.330. The summed E-state index contributed by atoms with van der Waals surface area (Å²) in [4.78, 5) is 41.7. The van der Waals surface area contributed by atoms with E-state index in [1.54, 1.807) is 57.2 Å². The van der Waals surface area contributed by atoms with Gasteiger partial charge in [0.05, 0.1) is 29.8 Å². The fourth-order valence-electron chi connectivity index (χ4n) is 4.61. The van der Waals surface area contributed by atoms with E-state index in [0.717, 1.165) is 5.56 Å². The van der Waals surface area contributed by atoms with Crippen molar-refractivity contribution in [3.05, 3.63) is 106 Å². The van der Waals surface area contributed by atoms with Gasteiger partial charge >= 0.3 is 0 Å². The van der Waals surface area contributed by atoms with Gasteiger partial charge in [-0.05, 0) is 74.4 Å². The number of benzene rings is 2. The maximum atomic E-state index is 13.3. The number of furan rings is 1. The average Bonchev–Trinajstić information content (AvgIpc) is 3.64. The van der Waals surface area contributed by atoms with Crippen LogP contribution < -0.4 is 16.0 Å². The van der Waals surface area contributed by atoms with Crippen LogP contribution in [-0.4, -0.2) is 27.8 Å². The fraction of sp³-hybridized carbons (Fsp3) is 0.167. The molecule has 0 bridgehead atoms. The summed E-state index contributed by atoms with van der Waals surface area (Å²) in [5.41, 5.74) is 5.29. The number of aliphatic hydroxyl groups is 1. The Hall–Kier alpha value is -4.96. The van der Waals surface area contributed by atoms with E-state index in [2.05, 4.69) is 20.9 Å². The number of rotatable bonds is 7. The molecular formula is C30H27FN4O5. The first-order valence-corrected chi connectivity index (χ1v) is 12.6. The quantitative estimate of drug-likeness (QED) is 0.209. The molecule has 1 aliphatic rings. The highest BCUT2D eigenvalue weighted by atomic mass is 19.1. The molecule has 204 valence electrons. The van der Waals surface area contributed by atoms with Crippen molar-refractivity contribution < 1.29 is 28.3 Å². The molecule has 10 heteroatoms.